The smallest absolute Gasteiger partial charge is 0.276 e. The van der Waals surface area contributed by atoms with Gasteiger partial charge in [0, 0.05) is 12.1 Å². The van der Waals surface area contributed by atoms with E-state index in [4.69, 9.17) is 25.8 Å². The summed E-state index contributed by atoms with van der Waals surface area (Å²) in [6.07, 6.45) is -0.416. The van der Waals surface area contributed by atoms with Crippen LogP contribution in [0.3, 0.4) is 0 Å². The normalized spacial score (nSPS) is 14.4. The molecule has 0 aliphatic carbocycles. The average Bonchev–Trinajstić information content (AvgIpc) is 3.20. The Morgan fingerprint density at radius 3 is 2.64 bits per heavy atom. The van der Waals surface area contributed by atoms with Crippen LogP contribution in [0.15, 0.2) is 53.7 Å². The van der Waals surface area contributed by atoms with Crippen molar-refractivity contribution in [1.29, 1.82) is 0 Å². The molecule has 1 aliphatic rings. The lowest BCUT2D eigenvalue weighted by Gasteiger charge is -2.25. The number of rotatable bonds is 7. The Balaban J connectivity index is 1.22. The lowest BCUT2D eigenvalue weighted by atomic mass is 10.2. The number of fused-ring (bicyclic) bond motifs is 1. The van der Waals surface area contributed by atoms with Crippen molar-refractivity contribution in [3.8, 4) is 17.2 Å². The number of carbonyl (C=O) groups is 2. The van der Waals surface area contributed by atoms with Crippen LogP contribution in [0.1, 0.15) is 11.9 Å². The van der Waals surface area contributed by atoms with Gasteiger partial charge < -0.3 is 18.8 Å². The summed E-state index contributed by atoms with van der Waals surface area (Å²) in [5.41, 5.74) is 4.64. The summed E-state index contributed by atoms with van der Waals surface area (Å²) < 4.78 is 18.7. The number of aromatic nitrogens is 3. The zero-order valence-electron chi connectivity index (χ0n) is 17.5. The standard InChI is InChI=1S/C21H20ClN5O5S/c1-27-20(17-10-31-15-4-2-3-5-16(15)32-17)25-26-21(27)33-12-19(29)24-23-18(28)11-30-14-8-6-13(22)7-9-14/h2-9,17H,10-12H2,1H3,(H,23,28)(H,24,29)/t17-/m1/s1. The first kappa shape index (κ1) is 22.7. The van der Waals surface area contributed by atoms with Crippen LogP contribution in [0.25, 0.3) is 0 Å². The van der Waals surface area contributed by atoms with Crippen LogP contribution in [0.4, 0.5) is 0 Å². The fourth-order valence-electron chi connectivity index (χ4n) is 2.90. The zero-order valence-corrected chi connectivity index (χ0v) is 19.1. The Bertz CT molecular complexity index is 1140. The SMILES string of the molecule is Cn1c(SCC(=O)NNC(=O)COc2ccc(Cl)cc2)nnc1[C@H]1COc2ccccc2O1. The number of benzene rings is 2. The maximum absolute atomic E-state index is 12.1. The minimum absolute atomic E-state index is 0.0230. The summed E-state index contributed by atoms with van der Waals surface area (Å²) in [4.78, 5) is 23.9. The van der Waals surface area contributed by atoms with E-state index in [2.05, 4.69) is 21.0 Å². The summed E-state index contributed by atoms with van der Waals surface area (Å²) >= 11 is 6.97. The molecule has 4 rings (SSSR count). The van der Waals surface area contributed by atoms with Crippen molar-refractivity contribution in [2.75, 3.05) is 19.0 Å². The quantitative estimate of drug-likeness (QED) is 0.383. The maximum Gasteiger partial charge on any atom is 0.276 e. The van der Waals surface area contributed by atoms with Crippen LogP contribution < -0.4 is 25.1 Å². The van der Waals surface area contributed by atoms with Crippen LogP contribution in [0, 0.1) is 0 Å². The van der Waals surface area contributed by atoms with Gasteiger partial charge in [-0.1, -0.05) is 35.5 Å². The number of para-hydroxylation sites is 2. The fraction of sp³-hybridized carbons (Fsp3) is 0.238. The number of hydrazine groups is 1. The number of halogens is 1. The van der Waals surface area contributed by atoms with Crippen molar-refractivity contribution in [2.45, 2.75) is 11.3 Å². The molecular formula is C21H20ClN5O5S. The number of hydrogen-bond donors (Lipinski definition) is 2. The van der Waals surface area contributed by atoms with Gasteiger partial charge in [0.25, 0.3) is 5.91 Å². The Kier molecular flexibility index (Phi) is 7.20. The van der Waals surface area contributed by atoms with E-state index in [1.165, 1.54) is 11.8 Å². The molecule has 1 aliphatic heterocycles. The van der Waals surface area contributed by atoms with Crippen molar-refractivity contribution in [2.24, 2.45) is 7.05 Å². The topological polar surface area (TPSA) is 117 Å². The molecule has 1 atom stereocenters. The largest absolute Gasteiger partial charge is 0.485 e. The molecule has 33 heavy (non-hydrogen) atoms. The Morgan fingerprint density at radius 2 is 1.85 bits per heavy atom. The van der Waals surface area contributed by atoms with E-state index in [-0.39, 0.29) is 12.4 Å². The van der Waals surface area contributed by atoms with Crippen molar-refractivity contribution >= 4 is 35.2 Å². The third-order valence-electron chi connectivity index (χ3n) is 4.52. The van der Waals surface area contributed by atoms with Gasteiger partial charge in [0.2, 0.25) is 5.91 Å². The summed E-state index contributed by atoms with van der Waals surface area (Å²) in [5, 5.41) is 9.40. The molecule has 0 fully saturated rings. The van der Waals surface area contributed by atoms with Crippen molar-refractivity contribution < 1.29 is 23.8 Å². The first-order chi connectivity index (χ1) is 16.0. The van der Waals surface area contributed by atoms with E-state index in [0.29, 0.717) is 39.9 Å². The number of thioether (sulfide) groups is 1. The minimum atomic E-state index is -0.501. The number of amides is 2. The molecule has 10 nitrogen and oxygen atoms in total. The van der Waals surface area contributed by atoms with Crippen LogP contribution in [-0.4, -0.2) is 45.5 Å². The molecule has 2 heterocycles. The highest BCUT2D eigenvalue weighted by Crippen LogP contribution is 2.35. The van der Waals surface area contributed by atoms with Gasteiger partial charge >= 0.3 is 0 Å². The van der Waals surface area contributed by atoms with Crippen molar-refractivity contribution in [1.82, 2.24) is 25.6 Å². The number of hydrogen-bond acceptors (Lipinski definition) is 8. The summed E-state index contributed by atoms with van der Waals surface area (Å²) in [6.45, 7) is 0.0482. The average molecular weight is 490 g/mol. The zero-order chi connectivity index (χ0) is 23.2. The predicted octanol–water partition coefficient (Wildman–Crippen LogP) is 2.30. The highest BCUT2D eigenvalue weighted by Gasteiger charge is 2.27. The van der Waals surface area contributed by atoms with Gasteiger partial charge in [-0.05, 0) is 36.4 Å². The van der Waals surface area contributed by atoms with Crippen molar-refractivity contribution in [3.63, 3.8) is 0 Å². The van der Waals surface area contributed by atoms with Crippen LogP contribution >= 0.6 is 23.4 Å². The Labute approximate surface area is 198 Å². The van der Waals surface area contributed by atoms with Gasteiger partial charge in [0.1, 0.15) is 12.4 Å². The lowest BCUT2D eigenvalue weighted by molar-refractivity contribution is -0.128. The molecule has 0 saturated carbocycles. The molecule has 1 aromatic heterocycles. The first-order valence-electron chi connectivity index (χ1n) is 9.86. The van der Waals surface area contributed by atoms with Gasteiger partial charge in [-0.3, -0.25) is 20.4 Å². The number of nitrogens with zero attached hydrogens (tertiary/aromatic N) is 3. The fourth-order valence-corrected chi connectivity index (χ4v) is 3.74. The van der Waals surface area contributed by atoms with E-state index in [1.54, 1.807) is 35.9 Å². The molecule has 12 heteroatoms. The van der Waals surface area contributed by atoms with Gasteiger partial charge in [0.05, 0.1) is 5.75 Å². The van der Waals surface area contributed by atoms with Crippen LogP contribution in [0.2, 0.25) is 5.02 Å². The highest BCUT2D eigenvalue weighted by atomic mass is 35.5. The van der Waals surface area contributed by atoms with E-state index in [0.717, 1.165) is 0 Å². The molecular weight excluding hydrogens is 470 g/mol. The Morgan fingerprint density at radius 1 is 1.12 bits per heavy atom. The van der Waals surface area contributed by atoms with Gasteiger partial charge in [0.15, 0.2) is 35.2 Å². The second-order valence-corrected chi connectivity index (χ2v) is 8.27. The maximum atomic E-state index is 12.1. The first-order valence-corrected chi connectivity index (χ1v) is 11.2. The number of nitrogens with one attached hydrogen (secondary N) is 2. The van der Waals surface area contributed by atoms with Crippen LogP contribution in [0.5, 0.6) is 17.2 Å². The third-order valence-corrected chi connectivity index (χ3v) is 5.79. The third kappa shape index (κ3) is 5.88. The molecule has 172 valence electrons. The van der Waals surface area contributed by atoms with Crippen molar-refractivity contribution in [3.05, 3.63) is 59.4 Å². The Hall–Kier alpha value is -3.44. The van der Waals surface area contributed by atoms with Gasteiger partial charge in [-0.25, -0.2) is 0 Å². The predicted molar refractivity (Wildman–Crippen MR) is 120 cm³/mol. The number of carbonyl (C=O) groups excluding carboxylic acids is 2. The summed E-state index contributed by atoms with van der Waals surface area (Å²) in [6, 6.07) is 14.0. The summed E-state index contributed by atoms with van der Waals surface area (Å²) in [5.74, 6) is 1.51. The van der Waals surface area contributed by atoms with E-state index < -0.39 is 17.9 Å². The minimum Gasteiger partial charge on any atom is -0.485 e. The van der Waals surface area contributed by atoms with Gasteiger partial charge in [-0.2, -0.15) is 0 Å². The van der Waals surface area contributed by atoms with Crippen LogP contribution in [-0.2, 0) is 16.6 Å². The molecule has 2 N–H and O–H groups in total. The molecule has 2 amide bonds. The molecule has 3 aromatic rings. The molecule has 0 bridgehead atoms. The number of ether oxygens (including phenoxy) is 3. The van der Waals surface area contributed by atoms with Gasteiger partial charge in [-0.15, -0.1) is 10.2 Å². The molecule has 2 aromatic carbocycles. The molecule has 0 unspecified atom stereocenters. The monoisotopic (exact) mass is 489 g/mol. The molecule has 0 radical (unpaired) electrons. The van der Waals surface area contributed by atoms with E-state index >= 15 is 0 Å². The molecule has 0 saturated heterocycles. The molecule has 0 spiro atoms. The van der Waals surface area contributed by atoms with E-state index in [1.807, 2.05) is 24.3 Å². The lowest BCUT2D eigenvalue weighted by Crippen LogP contribution is -2.44. The second kappa shape index (κ2) is 10.5. The second-order valence-electron chi connectivity index (χ2n) is 6.89. The summed E-state index contributed by atoms with van der Waals surface area (Å²) in [7, 11) is 1.79. The van der Waals surface area contributed by atoms with E-state index in [9.17, 15) is 9.59 Å². The highest BCUT2D eigenvalue weighted by molar-refractivity contribution is 7.99.